The third-order valence-corrected chi connectivity index (χ3v) is 5.26. The van der Waals surface area contributed by atoms with E-state index in [4.69, 9.17) is 4.74 Å². The molecule has 144 valence electrons. The van der Waals surface area contributed by atoms with Crippen LogP contribution in [-0.2, 0) is 4.79 Å². The Labute approximate surface area is 164 Å². The van der Waals surface area contributed by atoms with Crippen LogP contribution in [0.3, 0.4) is 0 Å². The van der Waals surface area contributed by atoms with Crippen molar-refractivity contribution in [2.75, 3.05) is 11.1 Å². The van der Waals surface area contributed by atoms with Crippen LogP contribution in [0.2, 0.25) is 0 Å². The molecule has 0 amide bonds. The van der Waals surface area contributed by atoms with Crippen molar-refractivity contribution in [3.63, 3.8) is 0 Å². The van der Waals surface area contributed by atoms with Crippen molar-refractivity contribution in [2.45, 2.75) is 58.3 Å². The molecular weight excluding hydrogens is 360 g/mol. The molecule has 0 saturated carbocycles. The number of allylic oxidation sites excluding steroid dienone is 2. The number of Topliss-reactive ketones (excluding diaryl/α,β-unsaturated/α-hetero) is 1. The lowest BCUT2D eigenvalue weighted by molar-refractivity contribution is -0.114. The fraction of sp³-hybridized carbons (Fsp3) is 0.450. The van der Waals surface area contributed by atoms with E-state index >= 15 is 0 Å². The molecule has 1 N–H and O–H groups in total. The molecule has 1 unspecified atom stereocenters. The smallest absolute Gasteiger partial charge is 0.227 e. The molecule has 1 aliphatic heterocycles. The maximum atomic E-state index is 12.4. The Bertz CT molecular complexity index is 855. The van der Waals surface area contributed by atoms with Gasteiger partial charge in [-0.25, -0.2) is 4.68 Å². The van der Waals surface area contributed by atoms with Gasteiger partial charge in [0.15, 0.2) is 5.78 Å². The predicted octanol–water partition coefficient (Wildman–Crippen LogP) is 4.45. The van der Waals surface area contributed by atoms with E-state index in [1.807, 2.05) is 49.7 Å². The van der Waals surface area contributed by atoms with Gasteiger partial charge in [-0.15, -0.1) is 5.10 Å². The highest BCUT2D eigenvalue weighted by molar-refractivity contribution is 7.99. The maximum absolute atomic E-state index is 12.4. The molecule has 0 spiro atoms. The molecular formula is C20H26N4O2S. The lowest BCUT2D eigenvalue weighted by atomic mass is 9.93. The predicted molar refractivity (Wildman–Crippen MR) is 108 cm³/mol. The molecule has 1 aromatic carbocycles. The Morgan fingerprint density at radius 1 is 1.33 bits per heavy atom. The number of carbonyl (C=O) groups excluding carboxylic acids is 1. The van der Waals surface area contributed by atoms with Crippen molar-refractivity contribution in [1.82, 2.24) is 14.8 Å². The van der Waals surface area contributed by atoms with Gasteiger partial charge in [0.25, 0.3) is 0 Å². The summed E-state index contributed by atoms with van der Waals surface area (Å²) in [6, 6.07) is 7.57. The Balaban J connectivity index is 2.02. The van der Waals surface area contributed by atoms with Crippen molar-refractivity contribution in [2.24, 2.45) is 0 Å². The van der Waals surface area contributed by atoms with Gasteiger partial charge in [0, 0.05) is 17.0 Å². The lowest BCUT2D eigenvalue weighted by Crippen LogP contribution is -2.27. The number of fused-ring (bicyclic) bond motifs is 1. The van der Waals surface area contributed by atoms with Crippen LogP contribution in [0.15, 0.2) is 40.7 Å². The number of nitrogens with zero attached hydrogens (tertiary/aromatic N) is 3. The van der Waals surface area contributed by atoms with Crippen LogP contribution in [0.1, 0.15) is 52.6 Å². The Morgan fingerprint density at radius 2 is 2.04 bits per heavy atom. The summed E-state index contributed by atoms with van der Waals surface area (Å²) in [6.45, 7) is 9.63. The van der Waals surface area contributed by atoms with Crippen LogP contribution < -0.4 is 10.1 Å². The Morgan fingerprint density at radius 3 is 2.63 bits per heavy atom. The van der Waals surface area contributed by atoms with E-state index in [2.05, 4.69) is 22.3 Å². The van der Waals surface area contributed by atoms with E-state index in [0.717, 1.165) is 34.3 Å². The third kappa shape index (κ3) is 4.18. The summed E-state index contributed by atoms with van der Waals surface area (Å²) in [6.07, 6.45) is 1.17. The number of benzene rings is 1. The average Bonchev–Trinajstić information content (AvgIpc) is 3.01. The SMILES string of the molecule is CCCSc1nc2n(n1)C(c1ccc(OC(C)C)cc1)C(C(C)=O)=C(C)N2. The first-order valence-corrected chi connectivity index (χ1v) is 10.2. The van der Waals surface area contributed by atoms with Gasteiger partial charge < -0.3 is 10.1 Å². The summed E-state index contributed by atoms with van der Waals surface area (Å²) in [7, 11) is 0. The molecule has 2 aromatic rings. The monoisotopic (exact) mass is 386 g/mol. The fourth-order valence-electron chi connectivity index (χ4n) is 3.15. The van der Waals surface area contributed by atoms with E-state index in [9.17, 15) is 4.79 Å². The molecule has 0 fully saturated rings. The molecule has 0 bridgehead atoms. The highest BCUT2D eigenvalue weighted by atomic mass is 32.2. The molecule has 0 radical (unpaired) electrons. The zero-order valence-corrected chi connectivity index (χ0v) is 17.3. The normalized spacial score (nSPS) is 16.3. The van der Waals surface area contributed by atoms with Crippen molar-refractivity contribution in [3.05, 3.63) is 41.1 Å². The number of hydrogen-bond donors (Lipinski definition) is 1. The first kappa shape index (κ1) is 19.5. The Hall–Kier alpha value is -2.28. The fourth-order valence-corrected chi connectivity index (χ4v) is 3.83. The van der Waals surface area contributed by atoms with E-state index in [0.29, 0.717) is 11.5 Å². The number of rotatable bonds is 7. The minimum Gasteiger partial charge on any atom is -0.491 e. The summed E-state index contributed by atoms with van der Waals surface area (Å²) in [4.78, 5) is 17.0. The summed E-state index contributed by atoms with van der Waals surface area (Å²) < 4.78 is 7.56. The van der Waals surface area contributed by atoms with Crippen molar-refractivity contribution < 1.29 is 9.53 Å². The summed E-state index contributed by atoms with van der Waals surface area (Å²) in [5.41, 5.74) is 2.51. The van der Waals surface area contributed by atoms with E-state index < -0.39 is 0 Å². The number of ether oxygens (including phenoxy) is 1. The second kappa shape index (κ2) is 8.17. The van der Waals surface area contributed by atoms with Gasteiger partial charge in [-0.3, -0.25) is 4.79 Å². The average molecular weight is 387 g/mol. The van der Waals surface area contributed by atoms with Crippen molar-refractivity contribution in [3.8, 4) is 5.75 Å². The zero-order chi connectivity index (χ0) is 19.6. The standard InChI is InChI=1S/C20H26N4O2S/c1-6-11-27-20-22-19-21-13(4)17(14(5)25)18(24(19)23-20)15-7-9-16(10-8-15)26-12(2)3/h7-10,12,18H,6,11H2,1-5H3,(H,21,22,23). The minimum absolute atomic E-state index is 0.0245. The van der Waals surface area contributed by atoms with Crippen LogP contribution in [0, 0.1) is 0 Å². The number of anilines is 1. The first-order chi connectivity index (χ1) is 12.9. The van der Waals surface area contributed by atoms with Crippen LogP contribution in [0.5, 0.6) is 5.75 Å². The second-order valence-corrected chi connectivity index (χ2v) is 7.93. The van der Waals surface area contributed by atoms with Crippen LogP contribution in [0.25, 0.3) is 0 Å². The van der Waals surface area contributed by atoms with Gasteiger partial charge in [-0.2, -0.15) is 4.98 Å². The number of aromatic nitrogens is 3. The second-order valence-electron chi connectivity index (χ2n) is 6.87. The van der Waals surface area contributed by atoms with Gasteiger partial charge >= 0.3 is 0 Å². The van der Waals surface area contributed by atoms with Crippen molar-refractivity contribution >= 4 is 23.5 Å². The Kier molecular flexibility index (Phi) is 5.89. The topological polar surface area (TPSA) is 69.0 Å². The van der Waals surface area contributed by atoms with Crippen molar-refractivity contribution in [1.29, 1.82) is 0 Å². The van der Waals surface area contributed by atoms with Gasteiger partial charge in [-0.1, -0.05) is 30.8 Å². The van der Waals surface area contributed by atoms with Gasteiger partial charge in [-0.05, 0) is 51.8 Å². The quantitative estimate of drug-likeness (QED) is 0.709. The molecule has 0 saturated heterocycles. The number of hydrogen-bond acceptors (Lipinski definition) is 6. The molecule has 3 rings (SSSR count). The summed E-state index contributed by atoms with van der Waals surface area (Å²) >= 11 is 1.62. The van der Waals surface area contributed by atoms with Gasteiger partial charge in [0.05, 0.1) is 6.10 Å². The van der Waals surface area contributed by atoms with Crippen LogP contribution in [-0.4, -0.2) is 32.4 Å². The summed E-state index contributed by atoms with van der Waals surface area (Å²) in [5.74, 6) is 2.47. The lowest BCUT2D eigenvalue weighted by Gasteiger charge is -2.28. The molecule has 1 aliphatic rings. The largest absolute Gasteiger partial charge is 0.491 e. The molecule has 27 heavy (non-hydrogen) atoms. The first-order valence-electron chi connectivity index (χ1n) is 9.25. The minimum atomic E-state index is -0.296. The van der Waals surface area contributed by atoms with E-state index in [-0.39, 0.29) is 17.9 Å². The number of carbonyl (C=O) groups is 1. The summed E-state index contributed by atoms with van der Waals surface area (Å²) in [5, 5.41) is 8.63. The maximum Gasteiger partial charge on any atom is 0.227 e. The molecule has 1 aromatic heterocycles. The number of nitrogens with one attached hydrogen (secondary N) is 1. The number of thioether (sulfide) groups is 1. The highest BCUT2D eigenvalue weighted by Crippen LogP contribution is 2.37. The van der Waals surface area contributed by atoms with Gasteiger partial charge in [0.1, 0.15) is 11.8 Å². The van der Waals surface area contributed by atoms with Crippen LogP contribution in [0.4, 0.5) is 5.95 Å². The zero-order valence-electron chi connectivity index (χ0n) is 16.4. The molecule has 2 heterocycles. The molecule has 0 aliphatic carbocycles. The van der Waals surface area contributed by atoms with Gasteiger partial charge in [0.2, 0.25) is 11.1 Å². The molecule has 6 nitrogen and oxygen atoms in total. The third-order valence-electron chi connectivity index (χ3n) is 4.22. The highest BCUT2D eigenvalue weighted by Gasteiger charge is 2.32. The molecule has 1 atom stereocenters. The van der Waals surface area contributed by atoms with Crippen LogP contribution >= 0.6 is 11.8 Å². The van der Waals surface area contributed by atoms with E-state index in [1.165, 1.54) is 0 Å². The number of ketones is 1. The molecule has 7 heteroatoms. The van der Waals surface area contributed by atoms with E-state index in [1.54, 1.807) is 18.7 Å².